The number of ether oxygens (including phenoxy) is 2. The fourth-order valence-corrected chi connectivity index (χ4v) is 3.12. The van der Waals surface area contributed by atoms with Gasteiger partial charge in [-0.2, -0.15) is 0 Å². The Morgan fingerprint density at radius 3 is 2.83 bits per heavy atom. The summed E-state index contributed by atoms with van der Waals surface area (Å²) in [6.07, 6.45) is 0. The molecule has 0 unspecified atom stereocenters. The number of methoxy groups -OCH3 is 1. The van der Waals surface area contributed by atoms with Crippen molar-refractivity contribution in [2.45, 2.75) is 4.90 Å². The fourth-order valence-electron chi connectivity index (χ4n) is 2.35. The van der Waals surface area contributed by atoms with Gasteiger partial charge in [0.1, 0.15) is 23.9 Å². The van der Waals surface area contributed by atoms with Gasteiger partial charge in [0, 0.05) is 11.0 Å². The summed E-state index contributed by atoms with van der Waals surface area (Å²) in [5.41, 5.74) is 0.623. The number of fused-ring (bicyclic) bond motifs is 1. The third-order valence-electron chi connectivity index (χ3n) is 3.51. The molecule has 2 aromatic rings. The number of carbonyl (C=O) groups is 1. The maximum Gasteiger partial charge on any atom is 0.237 e. The van der Waals surface area contributed by atoms with Crippen molar-refractivity contribution < 1.29 is 18.7 Å². The van der Waals surface area contributed by atoms with E-state index >= 15 is 0 Å². The highest BCUT2D eigenvalue weighted by atomic mass is 32.2. The number of rotatable bonds is 4. The largest absolute Gasteiger partial charge is 0.497 e. The molecule has 2 aromatic carbocycles. The first-order valence-corrected chi connectivity index (χ1v) is 8.15. The zero-order chi connectivity index (χ0) is 16.2. The molecule has 0 saturated heterocycles. The summed E-state index contributed by atoms with van der Waals surface area (Å²) in [6.45, 7) is 0.843. The van der Waals surface area contributed by atoms with Crippen LogP contribution in [0, 0.1) is 5.82 Å². The minimum Gasteiger partial charge on any atom is -0.497 e. The second kappa shape index (κ2) is 6.91. The van der Waals surface area contributed by atoms with E-state index < -0.39 is 0 Å². The van der Waals surface area contributed by atoms with Crippen LogP contribution in [0.1, 0.15) is 0 Å². The average molecular weight is 333 g/mol. The summed E-state index contributed by atoms with van der Waals surface area (Å²) in [5.74, 6) is 1.11. The number of hydrogen-bond acceptors (Lipinski definition) is 4. The normalized spacial score (nSPS) is 13.2. The number of halogens is 1. The number of hydrogen-bond donors (Lipinski definition) is 0. The summed E-state index contributed by atoms with van der Waals surface area (Å²) >= 11 is 1.46. The summed E-state index contributed by atoms with van der Waals surface area (Å²) in [4.78, 5) is 15.1. The molecule has 0 aliphatic carbocycles. The summed E-state index contributed by atoms with van der Waals surface area (Å²) in [5, 5.41) is 0. The van der Waals surface area contributed by atoms with E-state index in [2.05, 4.69) is 0 Å². The van der Waals surface area contributed by atoms with Gasteiger partial charge in [-0.3, -0.25) is 4.79 Å². The van der Waals surface area contributed by atoms with Crippen molar-refractivity contribution in [2.24, 2.45) is 0 Å². The van der Waals surface area contributed by atoms with Gasteiger partial charge in [-0.1, -0.05) is 0 Å². The van der Waals surface area contributed by atoms with Crippen molar-refractivity contribution in [1.82, 2.24) is 0 Å². The van der Waals surface area contributed by atoms with Gasteiger partial charge in [0.05, 0.1) is 25.1 Å². The van der Waals surface area contributed by atoms with E-state index in [1.54, 1.807) is 18.1 Å². The van der Waals surface area contributed by atoms with Crippen LogP contribution < -0.4 is 14.4 Å². The minimum atomic E-state index is -0.370. The highest BCUT2D eigenvalue weighted by Crippen LogP contribution is 2.33. The van der Waals surface area contributed by atoms with Crippen LogP contribution in [0.15, 0.2) is 47.4 Å². The predicted octanol–water partition coefficient (Wildman–Crippen LogP) is 3.35. The Bertz CT molecular complexity index is 705. The highest BCUT2D eigenvalue weighted by molar-refractivity contribution is 8.00. The van der Waals surface area contributed by atoms with Crippen LogP contribution in [0.2, 0.25) is 0 Å². The van der Waals surface area contributed by atoms with Crippen LogP contribution in [0.4, 0.5) is 10.1 Å². The molecular weight excluding hydrogens is 317 g/mol. The number of amides is 1. The smallest absolute Gasteiger partial charge is 0.237 e. The van der Waals surface area contributed by atoms with E-state index in [1.165, 1.54) is 23.9 Å². The van der Waals surface area contributed by atoms with Gasteiger partial charge >= 0.3 is 0 Å². The zero-order valence-electron chi connectivity index (χ0n) is 12.6. The predicted molar refractivity (Wildman–Crippen MR) is 88.0 cm³/mol. The van der Waals surface area contributed by atoms with Crippen molar-refractivity contribution in [2.75, 3.05) is 30.9 Å². The number of benzene rings is 2. The zero-order valence-corrected chi connectivity index (χ0v) is 13.4. The standard InChI is InChI=1S/C17H16FNO3S/c1-21-13-3-5-14(6-4-13)23-11-17(20)19-8-9-22-16-10-12(18)2-7-15(16)19/h2-7,10H,8-9,11H2,1H3. The lowest BCUT2D eigenvalue weighted by atomic mass is 10.2. The van der Waals surface area contributed by atoms with Crippen molar-refractivity contribution >= 4 is 23.4 Å². The maximum absolute atomic E-state index is 13.3. The van der Waals surface area contributed by atoms with E-state index in [0.717, 1.165) is 10.6 Å². The monoisotopic (exact) mass is 333 g/mol. The van der Waals surface area contributed by atoms with Gasteiger partial charge in [-0.05, 0) is 36.4 Å². The van der Waals surface area contributed by atoms with Crippen molar-refractivity contribution in [3.05, 3.63) is 48.3 Å². The molecular formula is C17H16FNO3S. The number of thioether (sulfide) groups is 1. The van der Waals surface area contributed by atoms with Gasteiger partial charge in [0.25, 0.3) is 0 Å². The third-order valence-corrected chi connectivity index (χ3v) is 4.50. The van der Waals surface area contributed by atoms with Crippen LogP contribution >= 0.6 is 11.8 Å². The quantitative estimate of drug-likeness (QED) is 0.805. The number of nitrogens with zero attached hydrogens (tertiary/aromatic N) is 1. The SMILES string of the molecule is COc1ccc(SCC(=O)N2CCOc3cc(F)ccc32)cc1. The van der Waals surface area contributed by atoms with E-state index in [0.29, 0.717) is 30.3 Å². The molecule has 0 radical (unpaired) electrons. The van der Waals surface area contributed by atoms with E-state index in [1.807, 2.05) is 24.3 Å². The van der Waals surface area contributed by atoms with Gasteiger partial charge in [0.15, 0.2) is 0 Å². The van der Waals surface area contributed by atoms with Gasteiger partial charge in [-0.15, -0.1) is 11.8 Å². The van der Waals surface area contributed by atoms with Crippen LogP contribution in [-0.2, 0) is 4.79 Å². The fraction of sp³-hybridized carbons (Fsp3) is 0.235. The molecule has 1 amide bonds. The summed E-state index contributed by atoms with van der Waals surface area (Å²) < 4.78 is 23.8. The Labute approximate surface area is 138 Å². The van der Waals surface area contributed by atoms with Crippen molar-refractivity contribution in [1.29, 1.82) is 0 Å². The van der Waals surface area contributed by atoms with Crippen LogP contribution in [-0.4, -0.2) is 31.9 Å². The van der Waals surface area contributed by atoms with Gasteiger partial charge in [-0.25, -0.2) is 4.39 Å². The van der Waals surface area contributed by atoms with E-state index in [-0.39, 0.29) is 11.7 Å². The Balaban J connectivity index is 1.67. The molecule has 1 heterocycles. The Hall–Kier alpha value is -2.21. The molecule has 0 atom stereocenters. The molecule has 120 valence electrons. The van der Waals surface area contributed by atoms with Gasteiger partial charge < -0.3 is 14.4 Å². The molecule has 1 aliphatic heterocycles. The molecule has 0 N–H and O–H groups in total. The molecule has 0 spiro atoms. The van der Waals surface area contributed by atoms with Crippen LogP contribution in [0.3, 0.4) is 0 Å². The maximum atomic E-state index is 13.3. The first-order valence-electron chi connectivity index (χ1n) is 7.17. The summed E-state index contributed by atoms with van der Waals surface area (Å²) in [6, 6.07) is 11.8. The first-order chi connectivity index (χ1) is 11.2. The van der Waals surface area contributed by atoms with E-state index in [9.17, 15) is 9.18 Å². The lowest BCUT2D eigenvalue weighted by Crippen LogP contribution is -2.39. The molecule has 3 rings (SSSR count). The number of anilines is 1. The van der Waals surface area contributed by atoms with Crippen molar-refractivity contribution in [3.8, 4) is 11.5 Å². The molecule has 6 heteroatoms. The topological polar surface area (TPSA) is 38.8 Å². The molecule has 0 saturated carbocycles. The third kappa shape index (κ3) is 3.59. The highest BCUT2D eigenvalue weighted by Gasteiger charge is 2.23. The molecule has 0 bridgehead atoms. The summed E-state index contributed by atoms with van der Waals surface area (Å²) in [7, 11) is 1.62. The molecule has 4 nitrogen and oxygen atoms in total. The molecule has 23 heavy (non-hydrogen) atoms. The second-order valence-electron chi connectivity index (χ2n) is 4.97. The van der Waals surface area contributed by atoms with Crippen molar-refractivity contribution in [3.63, 3.8) is 0 Å². The Kier molecular flexibility index (Phi) is 4.71. The average Bonchev–Trinajstić information content (AvgIpc) is 2.59. The molecule has 1 aliphatic rings. The lowest BCUT2D eigenvalue weighted by molar-refractivity contribution is -0.116. The minimum absolute atomic E-state index is 0.0259. The Morgan fingerprint density at radius 2 is 2.09 bits per heavy atom. The molecule has 0 aromatic heterocycles. The number of carbonyl (C=O) groups excluding carboxylic acids is 1. The van der Waals surface area contributed by atoms with Gasteiger partial charge in [0.2, 0.25) is 5.91 Å². The van der Waals surface area contributed by atoms with E-state index in [4.69, 9.17) is 9.47 Å². The van der Waals surface area contributed by atoms with Crippen LogP contribution in [0.5, 0.6) is 11.5 Å². The lowest BCUT2D eigenvalue weighted by Gasteiger charge is -2.29. The Morgan fingerprint density at radius 1 is 1.30 bits per heavy atom. The molecule has 0 fully saturated rings. The van der Waals surface area contributed by atoms with Crippen LogP contribution in [0.25, 0.3) is 0 Å². The first kappa shape index (κ1) is 15.7. The second-order valence-corrected chi connectivity index (χ2v) is 6.02.